The van der Waals surface area contributed by atoms with Crippen LogP contribution in [0.1, 0.15) is 48.0 Å². The Morgan fingerprint density at radius 2 is 2.22 bits per heavy atom. The maximum atomic E-state index is 11.6. The first kappa shape index (κ1) is 15.0. The van der Waals surface area contributed by atoms with Crippen LogP contribution in [0.25, 0.3) is 0 Å². The number of hydrogen-bond acceptors (Lipinski definition) is 2. The normalized spacial score (nSPS) is 24.7. The van der Waals surface area contributed by atoms with E-state index in [9.17, 15) is 4.79 Å². The Bertz CT molecular complexity index is 375. The second-order valence-electron chi connectivity index (χ2n) is 5.88. The second-order valence-corrected chi connectivity index (χ2v) is 5.88. The summed E-state index contributed by atoms with van der Waals surface area (Å²) in [7, 11) is 0. The smallest absolute Gasteiger partial charge is 0.333 e. The second kappa shape index (κ2) is 5.73. The van der Waals surface area contributed by atoms with Gasteiger partial charge in [0.1, 0.15) is 0 Å². The van der Waals surface area contributed by atoms with Crippen molar-refractivity contribution in [2.75, 3.05) is 6.61 Å². The fourth-order valence-corrected chi connectivity index (χ4v) is 2.85. The Balaban J connectivity index is 2.75. The molecule has 0 N–H and O–H groups in total. The van der Waals surface area contributed by atoms with Gasteiger partial charge in [-0.05, 0) is 44.4 Å². The quantitative estimate of drug-likeness (QED) is 0.426. The first-order valence-corrected chi connectivity index (χ1v) is 6.83. The number of carbonyl (C=O) groups is 1. The standard InChI is InChI=1S/C16H26O2/c1-7-18-15(17)12(3)10-11(2)14-9-8-13(4)16(14,5)6/h8,10-11,14H,7,9H2,1-6H3/b12-10-/t11-,14?/m1/s1. The fourth-order valence-electron chi connectivity index (χ4n) is 2.85. The van der Waals surface area contributed by atoms with Crippen LogP contribution >= 0.6 is 0 Å². The highest BCUT2D eigenvalue weighted by Gasteiger charge is 2.37. The molecule has 0 saturated carbocycles. The van der Waals surface area contributed by atoms with Gasteiger partial charge in [-0.1, -0.05) is 38.5 Å². The van der Waals surface area contributed by atoms with Gasteiger partial charge in [-0.25, -0.2) is 4.79 Å². The van der Waals surface area contributed by atoms with E-state index >= 15 is 0 Å². The fraction of sp³-hybridized carbons (Fsp3) is 0.688. The Morgan fingerprint density at radius 1 is 1.61 bits per heavy atom. The number of hydrogen-bond donors (Lipinski definition) is 0. The molecule has 1 rings (SSSR count). The minimum Gasteiger partial charge on any atom is -0.463 e. The van der Waals surface area contributed by atoms with E-state index in [0.717, 1.165) is 12.0 Å². The van der Waals surface area contributed by atoms with E-state index in [4.69, 9.17) is 4.74 Å². The highest BCUT2D eigenvalue weighted by atomic mass is 16.5. The molecular weight excluding hydrogens is 224 g/mol. The molecule has 2 heteroatoms. The molecule has 0 spiro atoms. The summed E-state index contributed by atoms with van der Waals surface area (Å²) in [5.74, 6) is 0.768. The van der Waals surface area contributed by atoms with Gasteiger partial charge in [0.15, 0.2) is 0 Å². The highest BCUT2D eigenvalue weighted by molar-refractivity contribution is 5.87. The van der Waals surface area contributed by atoms with Gasteiger partial charge in [0.25, 0.3) is 0 Å². The third-order valence-electron chi connectivity index (χ3n) is 4.37. The molecule has 2 atom stereocenters. The zero-order chi connectivity index (χ0) is 13.9. The maximum absolute atomic E-state index is 11.6. The van der Waals surface area contributed by atoms with Gasteiger partial charge in [-0.15, -0.1) is 0 Å². The van der Waals surface area contributed by atoms with Crippen molar-refractivity contribution in [2.24, 2.45) is 17.3 Å². The van der Waals surface area contributed by atoms with E-state index in [0.29, 0.717) is 18.4 Å². The van der Waals surface area contributed by atoms with Crippen molar-refractivity contribution in [1.29, 1.82) is 0 Å². The van der Waals surface area contributed by atoms with Crippen molar-refractivity contribution in [3.05, 3.63) is 23.3 Å². The van der Waals surface area contributed by atoms with E-state index in [-0.39, 0.29) is 11.4 Å². The van der Waals surface area contributed by atoms with Crippen LogP contribution in [-0.2, 0) is 9.53 Å². The lowest BCUT2D eigenvalue weighted by Gasteiger charge is -2.33. The van der Waals surface area contributed by atoms with Gasteiger partial charge in [0.05, 0.1) is 6.61 Å². The SMILES string of the molecule is CCOC(=O)/C(C)=C\[C@@H](C)C1CC=C(C)C1(C)C. The van der Waals surface area contributed by atoms with E-state index in [1.807, 2.05) is 13.8 Å². The molecule has 0 radical (unpaired) electrons. The Hall–Kier alpha value is -1.05. The number of esters is 1. The van der Waals surface area contributed by atoms with Crippen LogP contribution < -0.4 is 0 Å². The minimum atomic E-state index is -0.190. The summed E-state index contributed by atoms with van der Waals surface area (Å²) in [6.07, 6.45) is 5.50. The average Bonchev–Trinajstić information content (AvgIpc) is 2.54. The lowest BCUT2D eigenvalue weighted by Crippen LogP contribution is -2.25. The first-order chi connectivity index (χ1) is 8.30. The third-order valence-corrected chi connectivity index (χ3v) is 4.37. The van der Waals surface area contributed by atoms with Crippen LogP contribution in [0, 0.1) is 17.3 Å². The molecule has 1 unspecified atom stereocenters. The maximum Gasteiger partial charge on any atom is 0.333 e. The predicted molar refractivity (Wildman–Crippen MR) is 75.2 cm³/mol. The Labute approximate surface area is 111 Å². The van der Waals surface area contributed by atoms with Gasteiger partial charge < -0.3 is 4.74 Å². The summed E-state index contributed by atoms with van der Waals surface area (Å²) in [6, 6.07) is 0. The van der Waals surface area contributed by atoms with Crippen molar-refractivity contribution in [3.63, 3.8) is 0 Å². The average molecular weight is 250 g/mol. The molecule has 0 heterocycles. The number of ether oxygens (including phenoxy) is 1. The molecule has 0 aromatic rings. The molecule has 0 saturated heterocycles. The van der Waals surface area contributed by atoms with Crippen molar-refractivity contribution < 1.29 is 9.53 Å². The molecule has 0 amide bonds. The van der Waals surface area contributed by atoms with Crippen molar-refractivity contribution in [2.45, 2.75) is 48.0 Å². The topological polar surface area (TPSA) is 26.3 Å². The molecule has 0 aliphatic heterocycles. The largest absolute Gasteiger partial charge is 0.463 e. The van der Waals surface area contributed by atoms with Gasteiger partial charge in [0.2, 0.25) is 0 Å². The molecule has 102 valence electrons. The van der Waals surface area contributed by atoms with Gasteiger partial charge in [-0.2, -0.15) is 0 Å². The zero-order valence-electron chi connectivity index (χ0n) is 12.5. The van der Waals surface area contributed by atoms with Crippen LogP contribution in [0.15, 0.2) is 23.3 Å². The number of allylic oxidation sites excluding steroid dienone is 3. The minimum absolute atomic E-state index is 0.190. The molecule has 0 bridgehead atoms. The summed E-state index contributed by atoms with van der Waals surface area (Å²) < 4.78 is 5.02. The van der Waals surface area contributed by atoms with Crippen LogP contribution in [0.3, 0.4) is 0 Å². The molecule has 18 heavy (non-hydrogen) atoms. The van der Waals surface area contributed by atoms with Crippen molar-refractivity contribution in [3.8, 4) is 0 Å². The molecule has 1 aliphatic rings. The van der Waals surface area contributed by atoms with Crippen LogP contribution in [0.4, 0.5) is 0 Å². The molecular formula is C16H26O2. The molecule has 2 nitrogen and oxygen atoms in total. The molecule has 1 aliphatic carbocycles. The summed E-state index contributed by atoms with van der Waals surface area (Å²) in [5, 5.41) is 0. The monoisotopic (exact) mass is 250 g/mol. The van der Waals surface area contributed by atoms with Crippen molar-refractivity contribution >= 4 is 5.97 Å². The van der Waals surface area contributed by atoms with Crippen LogP contribution in [0.2, 0.25) is 0 Å². The summed E-state index contributed by atoms with van der Waals surface area (Å²) in [5.41, 5.74) is 2.41. The Kier molecular flexibility index (Phi) is 4.78. The van der Waals surface area contributed by atoms with E-state index in [1.54, 1.807) is 0 Å². The van der Waals surface area contributed by atoms with Crippen LogP contribution in [-0.4, -0.2) is 12.6 Å². The van der Waals surface area contributed by atoms with E-state index < -0.39 is 0 Å². The Morgan fingerprint density at radius 3 is 2.67 bits per heavy atom. The predicted octanol–water partition coefficient (Wildman–Crippen LogP) is 4.12. The summed E-state index contributed by atoms with van der Waals surface area (Å²) in [6.45, 7) is 13.1. The van der Waals surface area contributed by atoms with E-state index in [2.05, 4.69) is 39.8 Å². The van der Waals surface area contributed by atoms with Crippen LogP contribution in [0.5, 0.6) is 0 Å². The lowest BCUT2D eigenvalue weighted by molar-refractivity contribution is -0.138. The molecule has 0 aromatic heterocycles. The third kappa shape index (κ3) is 3.04. The number of carbonyl (C=O) groups excluding carboxylic acids is 1. The van der Waals surface area contributed by atoms with Gasteiger partial charge >= 0.3 is 5.97 Å². The number of rotatable bonds is 4. The van der Waals surface area contributed by atoms with E-state index in [1.165, 1.54) is 5.57 Å². The first-order valence-electron chi connectivity index (χ1n) is 6.83. The summed E-state index contributed by atoms with van der Waals surface area (Å²) in [4.78, 5) is 11.6. The molecule has 0 aromatic carbocycles. The highest BCUT2D eigenvalue weighted by Crippen LogP contribution is 2.47. The van der Waals surface area contributed by atoms with Gasteiger partial charge in [-0.3, -0.25) is 0 Å². The van der Waals surface area contributed by atoms with Crippen molar-refractivity contribution in [1.82, 2.24) is 0 Å². The van der Waals surface area contributed by atoms with Gasteiger partial charge in [0, 0.05) is 5.57 Å². The molecule has 0 fully saturated rings. The summed E-state index contributed by atoms with van der Waals surface area (Å²) >= 11 is 0. The zero-order valence-corrected chi connectivity index (χ0v) is 12.5. The lowest BCUT2D eigenvalue weighted by atomic mass is 9.71.